The van der Waals surface area contributed by atoms with Gasteiger partial charge in [-0.2, -0.15) is 0 Å². The molecule has 5 heteroatoms. The van der Waals surface area contributed by atoms with Gasteiger partial charge >= 0.3 is 5.97 Å². The molecule has 0 aliphatic heterocycles. The Labute approximate surface area is 77.6 Å². The van der Waals surface area contributed by atoms with Crippen LogP contribution in [0.2, 0.25) is 5.02 Å². The van der Waals surface area contributed by atoms with Crippen molar-refractivity contribution in [3.8, 4) is 0 Å². The Morgan fingerprint density at radius 3 is 2.92 bits per heavy atom. The summed E-state index contributed by atoms with van der Waals surface area (Å²) in [6.45, 7) is 0. The van der Waals surface area contributed by atoms with E-state index in [9.17, 15) is 9.18 Å². The highest BCUT2D eigenvalue weighted by Gasteiger charge is 2.16. The summed E-state index contributed by atoms with van der Waals surface area (Å²) >= 11 is 6.82. The summed E-state index contributed by atoms with van der Waals surface area (Å²) in [4.78, 5) is 10.8. The van der Waals surface area contributed by atoms with Crippen molar-refractivity contribution in [1.82, 2.24) is 0 Å². The third-order valence-corrected chi connectivity index (χ3v) is 2.58. The van der Waals surface area contributed by atoms with Gasteiger partial charge in [0, 0.05) is 16.7 Å². The Morgan fingerprint density at radius 2 is 2.50 bits per heavy atom. The molecule has 0 bridgehead atoms. The molecule has 0 fully saturated rings. The summed E-state index contributed by atoms with van der Waals surface area (Å²) in [7, 11) is 0. The fourth-order valence-corrected chi connectivity index (χ4v) is 1.82. The number of carbonyl (C=O) groups is 1. The van der Waals surface area contributed by atoms with Crippen LogP contribution in [-0.4, -0.2) is 17.2 Å². The minimum Gasteiger partial charge on any atom is -0.479 e. The Kier molecular flexibility index (Phi) is 3.05. The van der Waals surface area contributed by atoms with Gasteiger partial charge in [-0.05, 0) is 6.07 Å². The number of carboxylic acids is 1. The number of carboxylic acid groups (broad SMARTS) is 1. The molecule has 2 nitrogen and oxygen atoms in total. The lowest BCUT2D eigenvalue weighted by molar-refractivity contribution is -0.142. The number of hydrogen-bond acceptors (Lipinski definition) is 2. The molecule has 66 valence electrons. The highest BCUT2D eigenvalue weighted by molar-refractivity contribution is 7.10. The van der Waals surface area contributed by atoms with Gasteiger partial charge in [0.15, 0.2) is 0 Å². The van der Waals surface area contributed by atoms with E-state index in [0.717, 1.165) is 0 Å². The van der Waals surface area contributed by atoms with Gasteiger partial charge < -0.3 is 5.11 Å². The lowest BCUT2D eigenvalue weighted by Gasteiger charge is -1.98. The second-order valence-corrected chi connectivity index (χ2v) is 3.67. The molecule has 0 aliphatic carbocycles. The molecule has 0 saturated heterocycles. The maximum atomic E-state index is 12.6. The van der Waals surface area contributed by atoms with Gasteiger partial charge in [-0.15, -0.1) is 11.3 Å². The zero-order valence-corrected chi connectivity index (χ0v) is 7.53. The molecule has 0 saturated carbocycles. The summed E-state index contributed by atoms with van der Waals surface area (Å²) < 4.78 is 12.6. The van der Waals surface area contributed by atoms with E-state index in [1.165, 1.54) is 11.3 Å². The highest BCUT2D eigenvalue weighted by atomic mass is 35.5. The number of alkyl halides is 1. The van der Waals surface area contributed by atoms with Crippen LogP contribution in [0, 0.1) is 0 Å². The monoisotopic (exact) mass is 208 g/mol. The van der Waals surface area contributed by atoms with E-state index in [1.807, 2.05) is 0 Å². The standard InChI is InChI=1S/C7H6ClFO2S/c8-4-1-5(12-3-4)2-6(9)7(10)11/h1,3,6H,2H2,(H,10,11). The largest absolute Gasteiger partial charge is 0.479 e. The smallest absolute Gasteiger partial charge is 0.338 e. The molecule has 0 radical (unpaired) electrons. The van der Waals surface area contributed by atoms with E-state index in [1.54, 1.807) is 11.4 Å². The van der Waals surface area contributed by atoms with Crippen LogP contribution < -0.4 is 0 Å². The molecule has 0 aromatic carbocycles. The van der Waals surface area contributed by atoms with Gasteiger partial charge in [0.25, 0.3) is 0 Å². The topological polar surface area (TPSA) is 37.3 Å². The molecule has 0 aliphatic rings. The van der Waals surface area contributed by atoms with E-state index in [2.05, 4.69) is 0 Å². The van der Waals surface area contributed by atoms with Crippen LogP contribution in [0.1, 0.15) is 4.88 Å². The molecule has 1 N–H and O–H groups in total. The summed E-state index contributed by atoms with van der Waals surface area (Å²) in [6.07, 6.45) is -1.94. The number of hydrogen-bond donors (Lipinski definition) is 1. The Bertz CT molecular complexity index is 287. The maximum absolute atomic E-state index is 12.6. The average molecular weight is 209 g/mol. The van der Waals surface area contributed by atoms with Crippen LogP contribution in [-0.2, 0) is 11.2 Å². The first-order valence-electron chi connectivity index (χ1n) is 3.19. The van der Waals surface area contributed by atoms with Crippen molar-refractivity contribution in [1.29, 1.82) is 0 Å². The molecule has 1 unspecified atom stereocenters. The van der Waals surface area contributed by atoms with Crippen molar-refractivity contribution < 1.29 is 14.3 Å². The molecule has 1 heterocycles. The minimum absolute atomic E-state index is 0.104. The van der Waals surface area contributed by atoms with Crippen molar-refractivity contribution >= 4 is 28.9 Å². The van der Waals surface area contributed by atoms with Crippen LogP contribution in [0.25, 0.3) is 0 Å². The fourth-order valence-electron chi connectivity index (χ4n) is 0.725. The van der Waals surface area contributed by atoms with Crippen molar-refractivity contribution in [3.05, 3.63) is 21.3 Å². The van der Waals surface area contributed by atoms with Crippen LogP contribution >= 0.6 is 22.9 Å². The van der Waals surface area contributed by atoms with Gasteiger partial charge in [-0.3, -0.25) is 0 Å². The summed E-state index contributed by atoms with van der Waals surface area (Å²) in [5.41, 5.74) is 0. The fraction of sp³-hybridized carbons (Fsp3) is 0.286. The van der Waals surface area contributed by atoms with Gasteiger partial charge in [-0.1, -0.05) is 11.6 Å². The first-order valence-corrected chi connectivity index (χ1v) is 4.45. The van der Waals surface area contributed by atoms with Crippen LogP contribution in [0.15, 0.2) is 11.4 Å². The van der Waals surface area contributed by atoms with Gasteiger partial charge in [0.05, 0.1) is 5.02 Å². The van der Waals surface area contributed by atoms with Crippen LogP contribution in [0.3, 0.4) is 0 Å². The Balaban J connectivity index is 2.58. The van der Waals surface area contributed by atoms with E-state index in [-0.39, 0.29) is 6.42 Å². The molecule has 1 atom stereocenters. The molecule has 12 heavy (non-hydrogen) atoms. The molecular formula is C7H6ClFO2S. The third kappa shape index (κ3) is 2.46. The molecular weight excluding hydrogens is 203 g/mol. The Hall–Kier alpha value is -0.610. The number of thiophene rings is 1. The number of aliphatic carboxylic acids is 1. The van der Waals surface area contributed by atoms with Crippen molar-refractivity contribution in [2.24, 2.45) is 0 Å². The molecule has 1 rings (SSSR count). The van der Waals surface area contributed by atoms with E-state index < -0.39 is 12.1 Å². The predicted molar refractivity (Wildman–Crippen MR) is 45.6 cm³/mol. The molecule has 1 aromatic heterocycles. The molecule has 1 aromatic rings. The lowest BCUT2D eigenvalue weighted by atomic mass is 10.2. The lowest BCUT2D eigenvalue weighted by Crippen LogP contribution is -2.16. The second kappa shape index (κ2) is 3.87. The molecule has 0 amide bonds. The van der Waals surface area contributed by atoms with Gasteiger partial charge in [0.2, 0.25) is 6.17 Å². The molecule has 0 spiro atoms. The predicted octanol–water partition coefficient (Wildman–Crippen LogP) is 2.37. The summed E-state index contributed by atoms with van der Waals surface area (Å²) in [5.74, 6) is -1.43. The number of rotatable bonds is 3. The third-order valence-electron chi connectivity index (χ3n) is 1.27. The van der Waals surface area contributed by atoms with Gasteiger partial charge in [0.1, 0.15) is 0 Å². The second-order valence-electron chi connectivity index (χ2n) is 2.24. The average Bonchev–Trinajstić information content (AvgIpc) is 2.35. The minimum atomic E-state index is -1.83. The summed E-state index contributed by atoms with van der Waals surface area (Å²) in [6, 6.07) is 1.57. The van der Waals surface area contributed by atoms with Crippen LogP contribution in [0.4, 0.5) is 4.39 Å². The quantitative estimate of drug-likeness (QED) is 0.828. The zero-order chi connectivity index (χ0) is 9.14. The first kappa shape index (κ1) is 9.48. The first-order chi connectivity index (χ1) is 5.59. The van der Waals surface area contributed by atoms with E-state index >= 15 is 0 Å². The highest BCUT2D eigenvalue weighted by Crippen LogP contribution is 2.21. The van der Waals surface area contributed by atoms with Gasteiger partial charge in [-0.25, -0.2) is 9.18 Å². The van der Waals surface area contributed by atoms with Crippen molar-refractivity contribution in [3.63, 3.8) is 0 Å². The Morgan fingerprint density at radius 1 is 1.83 bits per heavy atom. The van der Waals surface area contributed by atoms with Crippen LogP contribution in [0.5, 0.6) is 0 Å². The SMILES string of the molecule is O=C(O)C(F)Cc1cc(Cl)cs1. The summed E-state index contributed by atoms with van der Waals surface area (Å²) in [5, 5.41) is 10.4. The number of halogens is 2. The van der Waals surface area contributed by atoms with Crippen molar-refractivity contribution in [2.75, 3.05) is 0 Å². The van der Waals surface area contributed by atoms with E-state index in [4.69, 9.17) is 16.7 Å². The zero-order valence-electron chi connectivity index (χ0n) is 5.96. The normalized spacial score (nSPS) is 12.8. The maximum Gasteiger partial charge on any atom is 0.338 e. The van der Waals surface area contributed by atoms with E-state index in [0.29, 0.717) is 9.90 Å². The van der Waals surface area contributed by atoms with Crippen molar-refractivity contribution in [2.45, 2.75) is 12.6 Å².